The summed E-state index contributed by atoms with van der Waals surface area (Å²) in [4.78, 5) is 24.8. The number of hydrogen-bond acceptors (Lipinski definition) is 7. The first kappa shape index (κ1) is 19.6. The summed E-state index contributed by atoms with van der Waals surface area (Å²) in [6, 6.07) is 4.46. The molecule has 3 rings (SSSR count). The number of anilines is 1. The molecule has 28 heavy (non-hydrogen) atoms. The summed E-state index contributed by atoms with van der Waals surface area (Å²) in [6.45, 7) is 0.960. The van der Waals surface area contributed by atoms with E-state index < -0.39 is 6.03 Å². The predicted octanol–water partition coefficient (Wildman–Crippen LogP) is 1.62. The quantitative estimate of drug-likeness (QED) is 0.347. The van der Waals surface area contributed by atoms with E-state index in [0.717, 1.165) is 5.70 Å². The minimum Gasteiger partial charge on any atom is -0.496 e. The zero-order chi connectivity index (χ0) is 19.9. The van der Waals surface area contributed by atoms with Crippen LogP contribution in [0.5, 0.6) is 5.75 Å². The van der Waals surface area contributed by atoms with Crippen LogP contribution in [-0.2, 0) is 0 Å². The molecule has 0 atom stereocenters. The molecule has 1 aromatic carbocycles. The summed E-state index contributed by atoms with van der Waals surface area (Å²) in [5.74, 6) is 0.135. The van der Waals surface area contributed by atoms with Crippen molar-refractivity contribution in [2.75, 3.05) is 25.5 Å². The first-order chi connectivity index (χ1) is 13.6. The van der Waals surface area contributed by atoms with E-state index in [4.69, 9.17) is 10.5 Å². The van der Waals surface area contributed by atoms with Crippen LogP contribution in [0.1, 0.15) is 16.8 Å². The average molecular weight is 402 g/mol. The van der Waals surface area contributed by atoms with Gasteiger partial charge < -0.3 is 31.1 Å². The molecular formula is C18H22N6O3S. The smallest absolute Gasteiger partial charge is 0.323 e. The lowest BCUT2D eigenvalue weighted by Gasteiger charge is -2.20. The zero-order valence-corrected chi connectivity index (χ0v) is 16.1. The van der Waals surface area contributed by atoms with Crippen molar-refractivity contribution in [3.05, 3.63) is 59.7 Å². The van der Waals surface area contributed by atoms with Crippen LogP contribution in [0.4, 0.5) is 10.5 Å². The van der Waals surface area contributed by atoms with Gasteiger partial charge in [-0.25, -0.2) is 4.79 Å². The second kappa shape index (κ2) is 9.20. The molecule has 2 aliphatic heterocycles. The van der Waals surface area contributed by atoms with Gasteiger partial charge >= 0.3 is 6.03 Å². The highest BCUT2D eigenvalue weighted by atomic mass is 32.2. The number of amides is 3. The van der Waals surface area contributed by atoms with E-state index in [1.165, 1.54) is 19.2 Å². The maximum atomic E-state index is 12.4. The Morgan fingerprint density at radius 1 is 1.32 bits per heavy atom. The summed E-state index contributed by atoms with van der Waals surface area (Å²) >= 11 is 1.40. The number of urea groups is 1. The molecule has 0 saturated heterocycles. The van der Waals surface area contributed by atoms with Crippen molar-refractivity contribution in [1.82, 2.24) is 19.7 Å². The second-order valence-electron chi connectivity index (χ2n) is 5.88. The third-order valence-electron chi connectivity index (χ3n) is 3.96. The Bertz CT molecular complexity index is 852. The fourth-order valence-electron chi connectivity index (χ4n) is 2.61. The number of carbonyl (C=O) groups is 2. The van der Waals surface area contributed by atoms with Gasteiger partial charge in [-0.15, -0.1) is 0 Å². The Labute approximate surface area is 167 Å². The summed E-state index contributed by atoms with van der Waals surface area (Å²) in [6.07, 6.45) is 8.01. The molecule has 0 saturated carbocycles. The number of methoxy groups -OCH3 is 1. The number of fused-ring (bicyclic) bond motifs is 1. The van der Waals surface area contributed by atoms with Gasteiger partial charge in [-0.1, -0.05) is 0 Å². The Balaban J connectivity index is 1.67. The van der Waals surface area contributed by atoms with Gasteiger partial charge in [0.25, 0.3) is 5.91 Å². The molecule has 0 radical (unpaired) electrons. The largest absolute Gasteiger partial charge is 0.496 e. The molecule has 0 fully saturated rings. The second-order valence-corrected chi connectivity index (χ2v) is 6.69. The van der Waals surface area contributed by atoms with Gasteiger partial charge in [-0.2, -0.15) is 0 Å². The van der Waals surface area contributed by atoms with Crippen LogP contribution >= 0.6 is 12.1 Å². The third kappa shape index (κ3) is 4.59. The highest BCUT2D eigenvalue weighted by Gasteiger charge is 2.22. The summed E-state index contributed by atoms with van der Waals surface area (Å²) in [5, 5.41) is 8.33. The summed E-state index contributed by atoms with van der Waals surface area (Å²) in [5.41, 5.74) is 7.76. The maximum absolute atomic E-state index is 12.4. The Morgan fingerprint density at radius 3 is 2.96 bits per heavy atom. The van der Waals surface area contributed by atoms with E-state index >= 15 is 0 Å². The minimum atomic E-state index is -0.418. The van der Waals surface area contributed by atoms with E-state index in [0.29, 0.717) is 42.2 Å². The lowest BCUT2D eigenvalue weighted by molar-refractivity contribution is 0.0950. The molecule has 0 aliphatic carbocycles. The van der Waals surface area contributed by atoms with E-state index in [1.54, 1.807) is 30.5 Å². The third-order valence-corrected chi connectivity index (χ3v) is 4.70. The van der Waals surface area contributed by atoms with Crippen molar-refractivity contribution in [2.24, 2.45) is 5.73 Å². The monoisotopic (exact) mass is 402 g/mol. The Hall–Kier alpha value is -3.11. The van der Waals surface area contributed by atoms with Crippen molar-refractivity contribution >= 4 is 29.8 Å². The Kier molecular flexibility index (Phi) is 6.45. The number of hydrogen-bond donors (Lipinski definition) is 5. The number of nitrogens with zero attached hydrogens (tertiary/aromatic N) is 1. The van der Waals surface area contributed by atoms with Crippen molar-refractivity contribution in [1.29, 1.82) is 0 Å². The maximum Gasteiger partial charge on any atom is 0.323 e. The SMILES string of the molecule is COc1ccc(NC(=O)NC2=CC=CN3SNC=C23)cc1C(=O)NCCCN. The number of carbonyl (C=O) groups excluding carboxylic acids is 2. The zero-order valence-electron chi connectivity index (χ0n) is 15.3. The molecule has 0 bridgehead atoms. The summed E-state index contributed by atoms with van der Waals surface area (Å²) < 4.78 is 10.2. The Morgan fingerprint density at radius 2 is 2.18 bits per heavy atom. The molecule has 1 aromatic rings. The lowest BCUT2D eigenvalue weighted by atomic mass is 10.1. The fourth-order valence-corrected chi connectivity index (χ4v) is 3.27. The van der Waals surface area contributed by atoms with Gasteiger partial charge in [0.05, 0.1) is 36.2 Å². The number of benzene rings is 1. The standard InChI is InChI=1S/C18H22N6O3S/c1-27-16-6-5-12(10-13(16)17(25)20-8-3-7-19)22-18(26)23-14-4-2-9-24-15(14)11-21-28-24/h2,4-6,9-11,21H,3,7-8,19H2,1H3,(H,20,25)(H2,22,23,26). The minimum absolute atomic E-state index is 0.288. The molecule has 0 unspecified atom stereocenters. The van der Waals surface area contributed by atoms with Crippen LogP contribution in [0.15, 0.2) is 54.1 Å². The molecule has 10 heteroatoms. The number of rotatable bonds is 7. The van der Waals surface area contributed by atoms with E-state index in [-0.39, 0.29) is 5.91 Å². The molecule has 0 spiro atoms. The predicted molar refractivity (Wildman–Crippen MR) is 109 cm³/mol. The topological polar surface area (TPSA) is 121 Å². The number of ether oxygens (including phenoxy) is 1. The molecule has 9 nitrogen and oxygen atoms in total. The number of nitrogens with two attached hydrogens (primary N) is 1. The van der Waals surface area contributed by atoms with Crippen LogP contribution in [0.3, 0.4) is 0 Å². The molecule has 3 amide bonds. The molecule has 2 heterocycles. The van der Waals surface area contributed by atoms with E-state index in [9.17, 15) is 9.59 Å². The highest BCUT2D eigenvalue weighted by molar-refractivity contribution is 7.95. The molecular weight excluding hydrogens is 380 g/mol. The van der Waals surface area contributed by atoms with Gasteiger partial charge in [-0.3, -0.25) is 9.10 Å². The number of allylic oxidation sites excluding steroid dienone is 2. The first-order valence-corrected chi connectivity index (χ1v) is 9.45. The molecule has 0 aromatic heterocycles. The van der Waals surface area contributed by atoms with Crippen LogP contribution in [-0.4, -0.2) is 36.4 Å². The van der Waals surface area contributed by atoms with Crippen molar-refractivity contribution < 1.29 is 14.3 Å². The van der Waals surface area contributed by atoms with Gasteiger partial charge in [0, 0.05) is 24.6 Å². The normalized spacial score (nSPS) is 14.4. The van der Waals surface area contributed by atoms with Gasteiger partial charge in [0.2, 0.25) is 0 Å². The van der Waals surface area contributed by atoms with Crippen LogP contribution in [0, 0.1) is 0 Å². The first-order valence-electron chi connectivity index (χ1n) is 8.67. The van der Waals surface area contributed by atoms with Crippen molar-refractivity contribution in [2.45, 2.75) is 6.42 Å². The van der Waals surface area contributed by atoms with Crippen molar-refractivity contribution in [3.63, 3.8) is 0 Å². The molecule has 2 aliphatic rings. The molecule has 148 valence electrons. The van der Waals surface area contributed by atoms with Gasteiger partial charge in [0.15, 0.2) is 0 Å². The van der Waals surface area contributed by atoms with Crippen LogP contribution < -0.4 is 31.1 Å². The van der Waals surface area contributed by atoms with Crippen molar-refractivity contribution in [3.8, 4) is 5.75 Å². The highest BCUT2D eigenvalue weighted by Crippen LogP contribution is 2.29. The van der Waals surface area contributed by atoms with E-state index in [2.05, 4.69) is 20.7 Å². The fraction of sp³-hybridized carbons (Fsp3) is 0.222. The van der Waals surface area contributed by atoms with Crippen LogP contribution in [0.2, 0.25) is 0 Å². The molecule has 6 N–H and O–H groups in total. The lowest BCUT2D eigenvalue weighted by Crippen LogP contribution is -2.31. The van der Waals surface area contributed by atoms with Gasteiger partial charge in [-0.05, 0) is 43.3 Å². The van der Waals surface area contributed by atoms with Gasteiger partial charge in [0.1, 0.15) is 5.75 Å². The average Bonchev–Trinajstić information content (AvgIpc) is 3.18. The van der Waals surface area contributed by atoms with Crippen LogP contribution in [0.25, 0.3) is 0 Å². The summed E-state index contributed by atoms with van der Waals surface area (Å²) in [7, 11) is 1.49. The number of nitrogens with one attached hydrogen (secondary N) is 4. The van der Waals surface area contributed by atoms with E-state index in [1.807, 2.05) is 16.6 Å².